The molecule has 1 N–H and O–H groups in total. The minimum Gasteiger partial charge on any atom is -0.492 e. The molecule has 1 aliphatic heterocycles. The molecule has 1 aromatic carbocycles. The van der Waals surface area contributed by atoms with Gasteiger partial charge in [-0.3, -0.25) is 9.69 Å². The Morgan fingerprint density at radius 1 is 1.56 bits per heavy atom. The van der Waals surface area contributed by atoms with Crippen molar-refractivity contribution in [2.75, 3.05) is 26.2 Å². The van der Waals surface area contributed by atoms with Crippen LogP contribution in [0.3, 0.4) is 0 Å². The predicted molar refractivity (Wildman–Crippen MR) is 69.1 cm³/mol. The van der Waals surface area contributed by atoms with Crippen LogP contribution in [0.4, 0.5) is 0 Å². The molecular weight excluding hydrogens is 254 g/mol. The largest absolute Gasteiger partial charge is 0.492 e. The van der Waals surface area contributed by atoms with Crippen LogP contribution in [0.1, 0.15) is 6.42 Å². The molecule has 0 unspecified atom stereocenters. The molecule has 1 heterocycles. The zero-order valence-electron chi connectivity index (χ0n) is 10.0. The van der Waals surface area contributed by atoms with Crippen LogP contribution in [0.5, 0.6) is 5.75 Å². The molecule has 2 rings (SSSR count). The Balaban J connectivity index is 1.72. The van der Waals surface area contributed by atoms with Crippen LogP contribution in [-0.4, -0.2) is 42.2 Å². The van der Waals surface area contributed by atoms with Gasteiger partial charge in [-0.05, 0) is 31.2 Å². The summed E-state index contributed by atoms with van der Waals surface area (Å²) in [6.07, 6.45) is 0.729. The summed E-state index contributed by atoms with van der Waals surface area (Å²) in [7, 11) is 0. The van der Waals surface area contributed by atoms with Gasteiger partial charge in [-0.1, -0.05) is 17.7 Å². The fourth-order valence-electron chi connectivity index (χ4n) is 2.09. The van der Waals surface area contributed by atoms with E-state index in [4.69, 9.17) is 21.4 Å². The standard InChI is InChI=1S/C13H16ClNO3/c14-11-2-1-3-12(8-11)18-7-6-15-5-4-10(9-15)13(16)17/h1-3,8,10H,4-7,9H2,(H,16,17)/t10-/m0/s1. The monoisotopic (exact) mass is 269 g/mol. The minimum absolute atomic E-state index is 0.226. The summed E-state index contributed by atoms with van der Waals surface area (Å²) in [6.45, 7) is 2.74. The number of ether oxygens (including phenoxy) is 1. The second-order valence-electron chi connectivity index (χ2n) is 4.43. The number of benzene rings is 1. The van der Waals surface area contributed by atoms with Crippen molar-refractivity contribution in [1.82, 2.24) is 4.90 Å². The number of hydrogen-bond donors (Lipinski definition) is 1. The molecule has 1 atom stereocenters. The normalized spacial score (nSPS) is 19.9. The molecule has 1 aromatic rings. The smallest absolute Gasteiger partial charge is 0.307 e. The Morgan fingerprint density at radius 2 is 2.39 bits per heavy atom. The molecule has 0 amide bonds. The Labute approximate surface area is 111 Å². The number of nitrogens with zero attached hydrogens (tertiary/aromatic N) is 1. The third-order valence-corrected chi connectivity index (χ3v) is 3.33. The lowest BCUT2D eigenvalue weighted by atomic mass is 10.1. The van der Waals surface area contributed by atoms with E-state index in [0.717, 1.165) is 25.3 Å². The fraction of sp³-hybridized carbons (Fsp3) is 0.462. The van der Waals surface area contributed by atoms with Gasteiger partial charge in [0.1, 0.15) is 12.4 Å². The van der Waals surface area contributed by atoms with Gasteiger partial charge in [-0.25, -0.2) is 0 Å². The lowest BCUT2D eigenvalue weighted by molar-refractivity contribution is -0.141. The summed E-state index contributed by atoms with van der Waals surface area (Å²) < 4.78 is 5.57. The van der Waals surface area contributed by atoms with E-state index in [0.29, 0.717) is 18.2 Å². The Hall–Kier alpha value is -1.26. The van der Waals surface area contributed by atoms with Crippen molar-refractivity contribution in [3.8, 4) is 5.75 Å². The van der Waals surface area contributed by atoms with Gasteiger partial charge in [0.15, 0.2) is 0 Å². The van der Waals surface area contributed by atoms with Gasteiger partial charge in [0.25, 0.3) is 0 Å². The zero-order chi connectivity index (χ0) is 13.0. The van der Waals surface area contributed by atoms with Crippen molar-refractivity contribution in [2.24, 2.45) is 5.92 Å². The Kier molecular flexibility index (Phi) is 4.44. The van der Waals surface area contributed by atoms with Gasteiger partial charge in [-0.15, -0.1) is 0 Å². The first-order chi connectivity index (χ1) is 8.65. The summed E-state index contributed by atoms with van der Waals surface area (Å²) in [5, 5.41) is 9.54. The average molecular weight is 270 g/mol. The number of likely N-dealkylation sites (tertiary alicyclic amines) is 1. The molecule has 0 spiro atoms. The molecule has 1 aliphatic rings. The number of halogens is 1. The summed E-state index contributed by atoms with van der Waals surface area (Å²) in [5.74, 6) is -0.180. The van der Waals surface area contributed by atoms with Crippen LogP contribution in [0.15, 0.2) is 24.3 Å². The molecule has 0 radical (unpaired) electrons. The van der Waals surface area contributed by atoms with Crippen LogP contribution < -0.4 is 4.74 Å². The maximum Gasteiger partial charge on any atom is 0.307 e. The van der Waals surface area contributed by atoms with Crippen LogP contribution >= 0.6 is 11.6 Å². The van der Waals surface area contributed by atoms with Crippen molar-refractivity contribution in [3.63, 3.8) is 0 Å². The van der Waals surface area contributed by atoms with E-state index in [2.05, 4.69) is 4.90 Å². The average Bonchev–Trinajstić information content (AvgIpc) is 2.78. The van der Waals surface area contributed by atoms with Crippen molar-refractivity contribution in [2.45, 2.75) is 6.42 Å². The third kappa shape index (κ3) is 3.62. The van der Waals surface area contributed by atoms with E-state index in [-0.39, 0.29) is 5.92 Å². The lowest BCUT2D eigenvalue weighted by Gasteiger charge is -2.15. The predicted octanol–water partition coefficient (Wildman–Crippen LogP) is 2.13. The molecule has 4 nitrogen and oxygen atoms in total. The molecule has 0 bridgehead atoms. The molecular formula is C13H16ClNO3. The van der Waals surface area contributed by atoms with Crippen molar-refractivity contribution in [1.29, 1.82) is 0 Å². The van der Waals surface area contributed by atoms with Gasteiger partial charge < -0.3 is 9.84 Å². The lowest BCUT2D eigenvalue weighted by Crippen LogP contribution is -2.27. The van der Waals surface area contributed by atoms with Crippen LogP contribution in [0.2, 0.25) is 5.02 Å². The van der Waals surface area contributed by atoms with E-state index in [1.165, 1.54) is 0 Å². The second-order valence-corrected chi connectivity index (χ2v) is 4.87. The number of carbonyl (C=O) groups is 1. The summed E-state index contributed by atoms with van der Waals surface area (Å²) in [6, 6.07) is 7.27. The first-order valence-electron chi connectivity index (χ1n) is 5.98. The summed E-state index contributed by atoms with van der Waals surface area (Å²) >= 11 is 5.85. The Morgan fingerprint density at radius 3 is 3.06 bits per heavy atom. The van der Waals surface area contributed by atoms with E-state index in [1.54, 1.807) is 12.1 Å². The molecule has 1 saturated heterocycles. The molecule has 0 aromatic heterocycles. The first kappa shape index (κ1) is 13.2. The van der Waals surface area contributed by atoms with Crippen molar-refractivity contribution >= 4 is 17.6 Å². The van der Waals surface area contributed by atoms with Crippen LogP contribution in [-0.2, 0) is 4.79 Å². The first-order valence-corrected chi connectivity index (χ1v) is 6.36. The highest BCUT2D eigenvalue weighted by molar-refractivity contribution is 6.30. The number of carboxylic acids is 1. The van der Waals surface area contributed by atoms with Crippen molar-refractivity contribution < 1.29 is 14.6 Å². The number of aliphatic carboxylic acids is 1. The van der Waals surface area contributed by atoms with Gasteiger partial charge in [0.2, 0.25) is 0 Å². The Bertz CT molecular complexity index is 424. The SMILES string of the molecule is O=C(O)[C@H]1CCN(CCOc2cccc(Cl)c2)C1. The molecule has 98 valence electrons. The number of rotatable bonds is 5. The van der Waals surface area contributed by atoms with E-state index >= 15 is 0 Å². The second kappa shape index (κ2) is 6.07. The summed E-state index contributed by atoms with van der Waals surface area (Å²) in [5.41, 5.74) is 0. The van der Waals surface area contributed by atoms with Gasteiger partial charge in [0, 0.05) is 18.1 Å². The highest BCUT2D eigenvalue weighted by atomic mass is 35.5. The quantitative estimate of drug-likeness (QED) is 0.890. The topological polar surface area (TPSA) is 49.8 Å². The molecule has 0 saturated carbocycles. The van der Waals surface area contributed by atoms with Gasteiger partial charge in [0.05, 0.1) is 5.92 Å². The summed E-state index contributed by atoms with van der Waals surface area (Å²) in [4.78, 5) is 12.9. The minimum atomic E-state index is -0.701. The van der Waals surface area contributed by atoms with E-state index in [1.807, 2.05) is 12.1 Å². The van der Waals surface area contributed by atoms with Gasteiger partial charge in [-0.2, -0.15) is 0 Å². The maximum atomic E-state index is 10.8. The van der Waals surface area contributed by atoms with Crippen molar-refractivity contribution in [3.05, 3.63) is 29.3 Å². The zero-order valence-corrected chi connectivity index (χ0v) is 10.8. The fourth-order valence-corrected chi connectivity index (χ4v) is 2.27. The molecule has 1 fully saturated rings. The number of carboxylic acid groups (broad SMARTS) is 1. The number of hydrogen-bond acceptors (Lipinski definition) is 3. The highest BCUT2D eigenvalue weighted by Crippen LogP contribution is 2.18. The highest BCUT2D eigenvalue weighted by Gasteiger charge is 2.27. The van der Waals surface area contributed by atoms with Crippen LogP contribution in [0, 0.1) is 5.92 Å². The molecule has 5 heteroatoms. The van der Waals surface area contributed by atoms with Gasteiger partial charge >= 0.3 is 5.97 Å². The van der Waals surface area contributed by atoms with Crippen LogP contribution in [0.25, 0.3) is 0 Å². The molecule has 0 aliphatic carbocycles. The van der Waals surface area contributed by atoms with E-state index < -0.39 is 5.97 Å². The van der Waals surface area contributed by atoms with E-state index in [9.17, 15) is 4.79 Å². The molecule has 18 heavy (non-hydrogen) atoms. The third-order valence-electron chi connectivity index (χ3n) is 3.09. The maximum absolute atomic E-state index is 10.8.